The van der Waals surface area contributed by atoms with Gasteiger partial charge in [-0.25, -0.2) is 0 Å². The van der Waals surface area contributed by atoms with Crippen molar-refractivity contribution in [2.45, 2.75) is 0 Å². The molecule has 0 amide bonds. The van der Waals surface area contributed by atoms with Crippen molar-refractivity contribution in [3.8, 4) is 5.75 Å². The maximum Gasteiger partial charge on any atom is 0.153 e. The summed E-state index contributed by atoms with van der Waals surface area (Å²) >= 11 is 0. The van der Waals surface area contributed by atoms with Gasteiger partial charge >= 0.3 is 0 Å². The lowest BCUT2D eigenvalue weighted by atomic mass is 10.1. The standard InChI is InChI=1S/C10H10O2/c1-3-8-5-4-6-9(7-11)10(8)12-2/h3-7H,1H2,2H3. The molecule has 0 saturated heterocycles. The van der Waals surface area contributed by atoms with Gasteiger partial charge < -0.3 is 4.74 Å². The van der Waals surface area contributed by atoms with Gasteiger partial charge in [-0.15, -0.1) is 0 Å². The Morgan fingerprint density at radius 1 is 1.42 bits per heavy atom. The number of carbonyl (C=O) groups excluding carboxylic acids is 1. The third-order valence-corrected chi connectivity index (χ3v) is 1.63. The average Bonchev–Trinajstić information content (AvgIpc) is 2.16. The lowest BCUT2D eigenvalue weighted by molar-refractivity contribution is 0.112. The fourth-order valence-electron chi connectivity index (χ4n) is 1.06. The first-order chi connectivity index (χ1) is 5.83. The minimum absolute atomic E-state index is 0.551. The predicted molar refractivity (Wildman–Crippen MR) is 48.5 cm³/mol. The fourth-order valence-corrected chi connectivity index (χ4v) is 1.06. The summed E-state index contributed by atoms with van der Waals surface area (Å²) in [5, 5.41) is 0. The summed E-state index contributed by atoms with van der Waals surface area (Å²) in [5.41, 5.74) is 1.39. The second-order valence-corrected chi connectivity index (χ2v) is 2.29. The highest BCUT2D eigenvalue weighted by Gasteiger charge is 2.03. The molecule has 0 radical (unpaired) electrons. The number of carbonyl (C=O) groups is 1. The van der Waals surface area contributed by atoms with Gasteiger partial charge in [0.25, 0.3) is 0 Å². The van der Waals surface area contributed by atoms with Crippen LogP contribution in [0.25, 0.3) is 6.08 Å². The number of methoxy groups -OCH3 is 1. The molecule has 12 heavy (non-hydrogen) atoms. The molecule has 0 aliphatic heterocycles. The summed E-state index contributed by atoms with van der Waals surface area (Å²) < 4.78 is 5.06. The zero-order chi connectivity index (χ0) is 8.97. The Kier molecular flexibility index (Phi) is 2.64. The Bertz CT molecular complexity index is 276. The molecule has 0 unspecified atom stereocenters. The zero-order valence-corrected chi connectivity index (χ0v) is 6.91. The number of ether oxygens (including phenoxy) is 1. The summed E-state index contributed by atoms with van der Waals surface area (Å²) in [7, 11) is 1.54. The van der Waals surface area contributed by atoms with Crippen molar-refractivity contribution in [1.29, 1.82) is 0 Å². The van der Waals surface area contributed by atoms with E-state index in [0.717, 1.165) is 11.8 Å². The third kappa shape index (κ3) is 1.37. The Morgan fingerprint density at radius 3 is 2.58 bits per heavy atom. The normalized spacial score (nSPS) is 9.08. The van der Waals surface area contributed by atoms with Crippen LogP contribution >= 0.6 is 0 Å². The fraction of sp³-hybridized carbons (Fsp3) is 0.100. The number of rotatable bonds is 3. The SMILES string of the molecule is C=Cc1cccc(C=O)c1OC. The van der Waals surface area contributed by atoms with Crippen LogP contribution < -0.4 is 4.74 Å². The molecule has 2 nitrogen and oxygen atoms in total. The molecule has 0 aliphatic carbocycles. The van der Waals surface area contributed by atoms with E-state index >= 15 is 0 Å². The molecule has 0 bridgehead atoms. The summed E-state index contributed by atoms with van der Waals surface area (Å²) in [6.45, 7) is 3.62. The Labute approximate surface area is 71.5 Å². The van der Waals surface area contributed by atoms with Crippen molar-refractivity contribution in [2.75, 3.05) is 7.11 Å². The monoisotopic (exact) mass is 162 g/mol. The van der Waals surface area contributed by atoms with Crippen molar-refractivity contribution >= 4 is 12.4 Å². The van der Waals surface area contributed by atoms with Crippen molar-refractivity contribution in [3.05, 3.63) is 35.9 Å². The number of benzene rings is 1. The second kappa shape index (κ2) is 3.72. The smallest absolute Gasteiger partial charge is 0.153 e. The molecule has 2 heteroatoms. The van der Waals surface area contributed by atoms with E-state index in [1.807, 2.05) is 6.07 Å². The van der Waals surface area contributed by atoms with E-state index in [1.54, 1.807) is 18.2 Å². The molecule has 1 rings (SSSR count). The van der Waals surface area contributed by atoms with Crippen LogP contribution in [0, 0.1) is 0 Å². The molecule has 0 fully saturated rings. The van der Waals surface area contributed by atoms with Crippen LogP contribution in [0.15, 0.2) is 24.8 Å². The van der Waals surface area contributed by atoms with Crippen LogP contribution in [0.2, 0.25) is 0 Å². The van der Waals surface area contributed by atoms with E-state index in [-0.39, 0.29) is 0 Å². The molecule has 0 saturated carbocycles. The van der Waals surface area contributed by atoms with Crippen LogP contribution in [0.3, 0.4) is 0 Å². The van der Waals surface area contributed by atoms with E-state index in [0.29, 0.717) is 11.3 Å². The van der Waals surface area contributed by atoms with Gasteiger partial charge in [-0.05, 0) is 6.07 Å². The zero-order valence-electron chi connectivity index (χ0n) is 6.91. The largest absolute Gasteiger partial charge is 0.495 e. The number of hydrogen-bond donors (Lipinski definition) is 0. The highest BCUT2D eigenvalue weighted by molar-refractivity contribution is 5.82. The average molecular weight is 162 g/mol. The van der Waals surface area contributed by atoms with E-state index < -0.39 is 0 Å². The number of para-hydroxylation sites is 1. The van der Waals surface area contributed by atoms with Crippen molar-refractivity contribution < 1.29 is 9.53 Å². The van der Waals surface area contributed by atoms with E-state index in [1.165, 1.54) is 7.11 Å². The summed E-state index contributed by atoms with van der Waals surface area (Å²) in [5.74, 6) is 0.586. The molecular formula is C10H10O2. The van der Waals surface area contributed by atoms with Gasteiger partial charge in [-0.1, -0.05) is 24.8 Å². The summed E-state index contributed by atoms with van der Waals surface area (Å²) in [6, 6.07) is 5.35. The highest BCUT2D eigenvalue weighted by atomic mass is 16.5. The minimum atomic E-state index is 0.551. The number of hydrogen-bond acceptors (Lipinski definition) is 2. The topological polar surface area (TPSA) is 26.3 Å². The lowest BCUT2D eigenvalue weighted by Gasteiger charge is -2.05. The minimum Gasteiger partial charge on any atom is -0.495 e. The molecule has 0 aliphatic rings. The molecular weight excluding hydrogens is 152 g/mol. The molecule has 0 spiro atoms. The summed E-state index contributed by atoms with van der Waals surface area (Å²) in [4.78, 5) is 10.5. The van der Waals surface area contributed by atoms with Crippen LogP contribution in [0.4, 0.5) is 0 Å². The second-order valence-electron chi connectivity index (χ2n) is 2.29. The molecule has 0 atom stereocenters. The predicted octanol–water partition coefficient (Wildman–Crippen LogP) is 2.15. The van der Waals surface area contributed by atoms with Gasteiger partial charge in [0.05, 0.1) is 12.7 Å². The van der Waals surface area contributed by atoms with Crippen molar-refractivity contribution in [2.24, 2.45) is 0 Å². The van der Waals surface area contributed by atoms with Crippen LogP contribution in [0.1, 0.15) is 15.9 Å². The molecule has 0 aromatic heterocycles. The quantitative estimate of drug-likeness (QED) is 0.636. The third-order valence-electron chi connectivity index (χ3n) is 1.63. The molecule has 1 aromatic carbocycles. The van der Waals surface area contributed by atoms with Gasteiger partial charge in [-0.3, -0.25) is 4.79 Å². The highest BCUT2D eigenvalue weighted by Crippen LogP contribution is 2.22. The van der Waals surface area contributed by atoms with Crippen molar-refractivity contribution in [1.82, 2.24) is 0 Å². The van der Waals surface area contributed by atoms with Gasteiger partial charge in [-0.2, -0.15) is 0 Å². The van der Waals surface area contributed by atoms with Gasteiger partial charge in [0.15, 0.2) is 6.29 Å². The molecule has 0 N–H and O–H groups in total. The number of aldehydes is 1. The van der Waals surface area contributed by atoms with Gasteiger partial charge in [0, 0.05) is 5.56 Å². The first kappa shape index (κ1) is 8.53. The van der Waals surface area contributed by atoms with Crippen LogP contribution in [-0.2, 0) is 0 Å². The van der Waals surface area contributed by atoms with E-state index in [2.05, 4.69) is 6.58 Å². The summed E-state index contributed by atoms with van der Waals surface area (Å²) in [6.07, 6.45) is 2.43. The van der Waals surface area contributed by atoms with Crippen molar-refractivity contribution in [3.63, 3.8) is 0 Å². The van der Waals surface area contributed by atoms with Gasteiger partial charge in [0.2, 0.25) is 0 Å². The Morgan fingerprint density at radius 2 is 2.08 bits per heavy atom. The Hall–Kier alpha value is -1.57. The van der Waals surface area contributed by atoms with Gasteiger partial charge in [0.1, 0.15) is 5.75 Å². The van der Waals surface area contributed by atoms with E-state index in [4.69, 9.17) is 4.74 Å². The van der Waals surface area contributed by atoms with Crippen LogP contribution in [0.5, 0.6) is 5.75 Å². The van der Waals surface area contributed by atoms with Crippen LogP contribution in [-0.4, -0.2) is 13.4 Å². The lowest BCUT2D eigenvalue weighted by Crippen LogP contribution is -1.92. The molecule has 0 heterocycles. The Balaban J connectivity index is 3.30. The first-order valence-corrected chi connectivity index (χ1v) is 3.58. The molecule has 1 aromatic rings. The maximum atomic E-state index is 10.5. The maximum absolute atomic E-state index is 10.5. The molecule has 62 valence electrons. The first-order valence-electron chi connectivity index (χ1n) is 3.58. The van der Waals surface area contributed by atoms with E-state index in [9.17, 15) is 4.79 Å².